The predicted molar refractivity (Wildman–Crippen MR) is 76.1 cm³/mol. The summed E-state index contributed by atoms with van der Waals surface area (Å²) in [7, 11) is 0. The lowest BCUT2D eigenvalue weighted by molar-refractivity contribution is 0.102. The van der Waals surface area contributed by atoms with E-state index in [9.17, 15) is 4.79 Å². The van der Waals surface area contributed by atoms with Crippen LogP contribution in [0, 0.1) is 6.92 Å². The first-order valence-electron chi connectivity index (χ1n) is 5.50. The highest BCUT2D eigenvalue weighted by molar-refractivity contribution is 9.10. The molecule has 2 rings (SSSR count). The fraction of sp³-hybridized carbons (Fsp3) is 0.250. The minimum atomic E-state index is -0.172. The van der Waals surface area contributed by atoms with Crippen LogP contribution in [0.5, 0.6) is 0 Å². The minimum Gasteiger partial charge on any atom is -0.296 e. The highest BCUT2D eigenvalue weighted by Crippen LogP contribution is 2.20. The molecule has 0 spiro atoms. The van der Waals surface area contributed by atoms with E-state index < -0.39 is 0 Å². The van der Waals surface area contributed by atoms with Crippen LogP contribution in [-0.2, 0) is 6.42 Å². The maximum atomic E-state index is 12.0. The van der Waals surface area contributed by atoms with E-state index in [-0.39, 0.29) is 5.91 Å². The summed E-state index contributed by atoms with van der Waals surface area (Å²) in [5.74, 6) is -0.172. The van der Waals surface area contributed by atoms with Crippen molar-refractivity contribution < 1.29 is 4.79 Å². The molecule has 1 aromatic heterocycles. The zero-order valence-electron chi connectivity index (χ0n) is 10.0. The van der Waals surface area contributed by atoms with Crippen LogP contribution in [0.4, 0.5) is 5.13 Å². The molecule has 2 aromatic rings. The zero-order valence-corrected chi connectivity index (χ0v) is 12.4. The van der Waals surface area contributed by atoms with Gasteiger partial charge in [0.05, 0.1) is 0 Å². The second-order valence-corrected chi connectivity index (χ2v) is 5.69. The molecular formula is C12H12BrN3OS. The van der Waals surface area contributed by atoms with E-state index in [1.165, 1.54) is 11.3 Å². The summed E-state index contributed by atoms with van der Waals surface area (Å²) in [5.41, 5.74) is 1.69. The van der Waals surface area contributed by atoms with Crippen molar-refractivity contribution in [3.05, 3.63) is 38.8 Å². The molecule has 0 saturated carbocycles. The van der Waals surface area contributed by atoms with Gasteiger partial charge in [0.1, 0.15) is 5.01 Å². The number of rotatable bonds is 3. The topological polar surface area (TPSA) is 54.9 Å². The molecule has 1 aromatic carbocycles. The van der Waals surface area contributed by atoms with Gasteiger partial charge in [-0.05, 0) is 31.0 Å². The van der Waals surface area contributed by atoms with Gasteiger partial charge < -0.3 is 0 Å². The number of anilines is 1. The summed E-state index contributed by atoms with van der Waals surface area (Å²) in [4.78, 5) is 12.0. The van der Waals surface area contributed by atoms with Crippen LogP contribution in [0.25, 0.3) is 0 Å². The molecule has 0 fully saturated rings. The van der Waals surface area contributed by atoms with Crippen LogP contribution in [0.2, 0.25) is 0 Å². The Kier molecular flexibility index (Phi) is 4.08. The molecule has 0 aliphatic carbocycles. The first-order chi connectivity index (χ1) is 8.60. The quantitative estimate of drug-likeness (QED) is 0.940. The molecule has 4 nitrogen and oxygen atoms in total. The normalized spacial score (nSPS) is 10.4. The van der Waals surface area contributed by atoms with Gasteiger partial charge in [-0.3, -0.25) is 10.1 Å². The average molecular weight is 326 g/mol. The summed E-state index contributed by atoms with van der Waals surface area (Å²) in [6, 6.07) is 5.49. The molecule has 0 radical (unpaired) electrons. The molecule has 0 aliphatic rings. The van der Waals surface area contributed by atoms with Gasteiger partial charge in [-0.1, -0.05) is 40.3 Å². The molecule has 1 N–H and O–H groups in total. The molecular weight excluding hydrogens is 314 g/mol. The third-order valence-electron chi connectivity index (χ3n) is 2.42. The molecule has 0 atom stereocenters. The maximum Gasteiger partial charge on any atom is 0.257 e. The Morgan fingerprint density at radius 1 is 1.44 bits per heavy atom. The highest BCUT2D eigenvalue weighted by atomic mass is 79.9. The molecule has 0 aliphatic heterocycles. The lowest BCUT2D eigenvalue weighted by Crippen LogP contribution is -2.11. The maximum absolute atomic E-state index is 12.0. The van der Waals surface area contributed by atoms with Crippen LogP contribution in [0.15, 0.2) is 22.7 Å². The fourth-order valence-corrected chi connectivity index (χ4v) is 2.40. The number of carbonyl (C=O) groups excluding carboxylic acids is 1. The molecule has 6 heteroatoms. The molecule has 1 amide bonds. The lowest BCUT2D eigenvalue weighted by atomic mass is 10.1. The van der Waals surface area contributed by atoms with Crippen molar-refractivity contribution in [2.45, 2.75) is 20.3 Å². The van der Waals surface area contributed by atoms with Crippen LogP contribution in [0.1, 0.15) is 27.9 Å². The van der Waals surface area contributed by atoms with Crippen molar-refractivity contribution in [2.24, 2.45) is 0 Å². The molecule has 0 unspecified atom stereocenters. The third kappa shape index (κ3) is 2.94. The summed E-state index contributed by atoms with van der Waals surface area (Å²) >= 11 is 4.81. The number of benzene rings is 1. The van der Waals surface area contributed by atoms with Gasteiger partial charge in [-0.25, -0.2) is 0 Å². The summed E-state index contributed by atoms with van der Waals surface area (Å²) < 4.78 is 0.918. The first-order valence-corrected chi connectivity index (χ1v) is 7.11. The van der Waals surface area contributed by atoms with Gasteiger partial charge in [0, 0.05) is 10.0 Å². The van der Waals surface area contributed by atoms with Gasteiger partial charge in [0.15, 0.2) is 0 Å². The molecule has 94 valence electrons. The van der Waals surface area contributed by atoms with E-state index in [0.29, 0.717) is 10.7 Å². The van der Waals surface area contributed by atoms with E-state index >= 15 is 0 Å². The van der Waals surface area contributed by atoms with E-state index in [1.807, 2.05) is 19.9 Å². The number of carbonyl (C=O) groups is 1. The van der Waals surface area contributed by atoms with Gasteiger partial charge in [-0.2, -0.15) is 0 Å². The Morgan fingerprint density at radius 2 is 2.22 bits per heavy atom. The van der Waals surface area contributed by atoms with Gasteiger partial charge in [0.2, 0.25) is 5.13 Å². The smallest absolute Gasteiger partial charge is 0.257 e. The van der Waals surface area contributed by atoms with E-state index in [2.05, 4.69) is 31.4 Å². The Hall–Kier alpha value is -1.27. The van der Waals surface area contributed by atoms with E-state index in [0.717, 1.165) is 21.5 Å². The van der Waals surface area contributed by atoms with E-state index in [1.54, 1.807) is 12.1 Å². The van der Waals surface area contributed by atoms with E-state index in [4.69, 9.17) is 0 Å². The average Bonchev–Trinajstić information content (AvgIpc) is 2.80. The van der Waals surface area contributed by atoms with Gasteiger partial charge >= 0.3 is 0 Å². The SMILES string of the molecule is CCc1nnc(NC(=O)c2ccc(C)c(Br)c2)s1. The van der Waals surface area contributed by atoms with Crippen molar-refractivity contribution in [3.63, 3.8) is 0 Å². The van der Waals surface area contributed by atoms with Crippen LogP contribution < -0.4 is 5.32 Å². The van der Waals surface area contributed by atoms with Gasteiger partial charge in [0.25, 0.3) is 5.91 Å². The summed E-state index contributed by atoms with van der Waals surface area (Å²) in [6.07, 6.45) is 0.823. The highest BCUT2D eigenvalue weighted by Gasteiger charge is 2.10. The number of aryl methyl sites for hydroxylation is 2. The lowest BCUT2D eigenvalue weighted by Gasteiger charge is -2.03. The van der Waals surface area contributed by atoms with Crippen molar-refractivity contribution in [2.75, 3.05) is 5.32 Å². The minimum absolute atomic E-state index is 0.172. The number of hydrogen-bond acceptors (Lipinski definition) is 4. The standard InChI is InChI=1S/C12H12BrN3OS/c1-3-10-15-16-12(18-10)14-11(17)8-5-4-7(2)9(13)6-8/h4-6H,3H2,1-2H3,(H,14,16,17). The molecule has 0 bridgehead atoms. The van der Waals surface area contributed by atoms with Crippen molar-refractivity contribution >= 4 is 38.3 Å². The van der Waals surface area contributed by atoms with Crippen molar-refractivity contribution in [1.82, 2.24) is 10.2 Å². The Bertz CT molecular complexity index is 582. The third-order valence-corrected chi connectivity index (χ3v) is 4.26. The number of halogens is 1. The first kappa shape index (κ1) is 13.2. The number of amides is 1. The Morgan fingerprint density at radius 3 is 2.83 bits per heavy atom. The number of hydrogen-bond donors (Lipinski definition) is 1. The Labute approximate surface area is 118 Å². The zero-order chi connectivity index (χ0) is 13.1. The molecule has 1 heterocycles. The van der Waals surface area contributed by atoms with Crippen molar-refractivity contribution in [1.29, 1.82) is 0 Å². The summed E-state index contributed by atoms with van der Waals surface area (Å²) in [6.45, 7) is 3.98. The fourth-order valence-electron chi connectivity index (χ4n) is 1.35. The second kappa shape index (κ2) is 5.58. The van der Waals surface area contributed by atoms with Crippen molar-refractivity contribution in [3.8, 4) is 0 Å². The number of nitrogens with zero attached hydrogens (tertiary/aromatic N) is 2. The number of aromatic nitrogens is 2. The second-order valence-electron chi connectivity index (χ2n) is 3.77. The van der Waals surface area contributed by atoms with Crippen LogP contribution in [0.3, 0.4) is 0 Å². The van der Waals surface area contributed by atoms with Crippen LogP contribution >= 0.6 is 27.3 Å². The Balaban J connectivity index is 2.14. The van der Waals surface area contributed by atoms with Crippen LogP contribution in [-0.4, -0.2) is 16.1 Å². The molecule has 18 heavy (non-hydrogen) atoms. The van der Waals surface area contributed by atoms with Gasteiger partial charge in [-0.15, -0.1) is 10.2 Å². The number of nitrogens with one attached hydrogen (secondary N) is 1. The summed E-state index contributed by atoms with van der Waals surface area (Å²) in [5, 5.41) is 12.1. The predicted octanol–water partition coefficient (Wildman–Crippen LogP) is 3.42. The monoisotopic (exact) mass is 325 g/mol. The largest absolute Gasteiger partial charge is 0.296 e. The molecule has 0 saturated heterocycles.